The van der Waals surface area contributed by atoms with E-state index in [4.69, 9.17) is 8.85 Å². The van der Waals surface area contributed by atoms with Gasteiger partial charge < -0.3 is 8.85 Å². The van der Waals surface area contributed by atoms with Crippen LogP contribution in [0.2, 0.25) is 36.3 Å². The maximum Gasteiger partial charge on any atom is 0.192 e. The second-order valence-electron chi connectivity index (χ2n) is 20.2. The second kappa shape index (κ2) is 12.8. The Labute approximate surface area is 276 Å². The van der Waals surface area contributed by atoms with Gasteiger partial charge in [-0.25, -0.2) is 0 Å². The summed E-state index contributed by atoms with van der Waals surface area (Å²) in [5.41, 5.74) is 0.665. The van der Waals surface area contributed by atoms with Crippen molar-refractivity contribution in [1.82, 2.24) is 0 Å². The fraction of sp³-hybridized carbons (Fsp3) is 0.974. The number of Topliss-reactive ketones (excluding diaryl/α,β-unsaturated/α-hetero) is 1. The lowest BCUT2D eigenvalue weighted by atomic mass is 9.44. The normalized spacial score (nSPS) is 38.1. The van der Waals surface area contributed by atoms with Crippen LogP contribution in [0.5, 0.6) is 0 Å². The van der Waals surface area contributed by atoms with Crippen LogP contribution in [0.3, 0.4) is 0 Å². The largest absolute Gasteiger partial charge is 0.417 e. The maximum atomic E-state index is 14.1. The third kappa shape index (κ3) is 7.07. The predicted octanol–water partition coefficient (Wildman–Crippen LogP) is 11.7. The van der Waals surface area contributed by atoms with E-state index in [0.717, 1.165) is 31.3 Å². The number of rotatable bonds is 10. The fourth-order valence-electron chi connectivity index (χ4n) is 10.2. The van der Waals surface area contributed by atoms with Crippen molar-refractivity contribution < 1.29 is 13.6 Å². The summed E-state index contributed by atoms with van der Waals surface area (Å²) < 4.78 is 13.5. The summed E-state index contributed by atoms with van der Waals surface area (Å²) in [5, 5.41) is 0.522. The molecule has 0 amide bonds. The first kappa shape index (κ1) is 36.9. The number of ketones is 1. The van der Waals surface area contributed by atoms with Gasteiger partial charge in [-0.3, -0.25) is 4.79 Å². The molecule has 4 aliphatic rings. The molecular formula is C39H74O3Si2. The highest BCUT2D eigenvalue weighted by Crippen LogP contribution is 2.68. The number of hydrogen-bond acceptors (Lipinski definition) is 3. The van der Waals surface area contributed by atoms with Gasteiger partial charge in [-0.05, 0) is 134 Å². The minimum absolute atomic E-state index is 0.239. The van der Waals surface area contributed by atoms with Gasteiger partial charge in [-0.1, -0.05) is 82.1 Å². The SMILES string of the molecule is C[C@H](CCC[C@@H](C)[C@H]1CC[C@H]2[C@@H]3C(=O)C[C@H]4C[C@@H](O[Si](C)(C)C(C)(C)C)CC[C@]4(C)[C@H]3CC[C@]12C)CO[Si](C)(C)C(C)(C)C. The quantitative estimate of drug-likeness (QED) is 0.222. The van der Waals surface area contributed by atoms with Gasteiger partial charge >= 0.3 is 0 Å². The van der Waals surface area contributed by atoms with E-state index in [1.54, 1.807) is 0 Å². The standard InChI is InChI=1S/C39H74O3Si2/c1-27(26-41-43(11,12)36(3,4)5)16-15-17-28(2)31-18-19-32-35-33(21-23-39(31,32)10)38(9)22-20-30(24-29(38)25-34(35)40)42-44(13,14)37(6,7)8/h27-33,35H,15-26H2,1-14H3/t27-,28-,29-,30+,31-,32+,33+,35+,38+,39-/m1/s1. The molecule has 4 rings (SSSR count). The molecule has 0 heterocycles. The monoisotopic (exact) mass is 647 g/mol. The Bertz CT molecular complexity index is 1010. The lowest BCUT2D eigenvalue weighted by Crippen LogP contribution is -2.58. The molecule has 4 fully saturated rings. The first-order valence-corrected chi connectivity index (χ1v) is 24.7. The zero-order chi connectivity index (χ0) is 33.1. The van der Waals surface area contributed by atoms with Crippen molar-refractivity contribution in [3.8, 4) is 0 Å². The summed E-state index contributed by atoms with van der Waals surface area (Å²) in [6.07, 6.45) is 13.9. The van der Waals surface area contributed by atoms with Crippen LogP contribution in [-0.2, 0) is 13.6 Å². The molecule has 10 atom stereocenters. The van der Waals surface area contributed by atoms with Gasteiger partial charge in [0.2, 0.25) is 0 Å². The lowest BCUT2D eigenvalue weighted by molar-refractivity contribution is -0.160. The van der Waals surface area contributed by atoms with Crippen molar-refractivity contribution in [2.75, 3.05) is 6.61 Å². The molecule has 4 aliphatic carbocycles. The number of carbonyl (C=O) groups is 1. The van der Waals surface area contributed by atoms with E-state index in [0.29, 0.717) is 52.3 Å². The molecule has 0 aromatic heterocycles. The molecule has 5 heteroatoms. The zero-order valence-electron chi connectivity index (χ0n) is 31.8. The smallest absolute Gasteiger partial charge is 0.192 e. The van der Waals surface area contributed by atoms with Crippen LogP contribution in [0.4, 0.5) is 0 Å². The van der Waals surface area contributed by atoms with Crippen molar-refractivity contribution in [2.45, 2.75) is 182 Å². The van der Waals surface area contributed by atoms with Gasteiger partial charge in [0.25, 0.3) is 0 Å². The molecule has 0 bridgehead atoms. The Hall–Kier alpha value is 0.0238. The number of carbonyl (C=O) groups excluding carboxylic acids is 1. The molecule has 256 valence electrons. The van der Waals surface area contributed by atoms with Crippen LogP contribution in [0.15, 0.2) is 0 Å². The van der Waals surface area contributed by atoms with Crippen LogP contribution in [0, 0.1) is 52.3 Å². The molecule has 4 saturated carbocycles. The molecule has 0 aliphatic heterocycles. The Morgan fingerprint density at radius 1 is 0.818 bits per heavy atom. The van der Waals surface area contributed by atoms with Crippen LogP contribution in [-0.4, -0.2) is 35.1 Å². The van der Waals surface area contributed by atoms with E-state index >= 15 is 0 Å². The van der Waals surface area contributed by atoms with Gasteiger partial charge in [0.05, 0.1) is 0 Å². The van der Waals surface area contributed by atoms with Crippen molar-refractivity contribution >= 4 is 22.4 Å². The van der Waals surface area contributed by atoms with Gasteiger partial charge in [0, 0.05) is 25.0 Å². The van der Waals surface area contributed by atoms with E-state index in [1.807, 2.05) is 0 Å². The Kier molecular flexibility index (Phi) is 10.7. The van der Waals surface area contributed by atoms with Crippen molar-refractivity contribution in [3.63, 3.8) is 0 Å². The summed E-state index contributed by atoms with van der Waals surface area (Å²) in [4.78, 5) is 14.1. The molecular weight excluding hydrogens is 573 g/mol. The average Bonchev–Trinajstić information content (AvgIpc) is 3.24. The minimum atomic E-state index is -1.80. The third-order valence-electron chi connectivity index (χ3n) is 15.3. The molecule has 0 aromatic rings. The highest BCUT2D eigenvalue weighted by atomic mass is 28.4. The summed E-state index contributed by atoms with van der Waals surface area (Å²) in [6.45, 7) is 34.7. The fourth-order valence-corrected chi connectivity index (χ4v) is 12.7. The van der Waals surface area contributed by atoms with Gasteiger partial charge in [0.1, 0.15) is 5.78 Å². The van der Waals surface area contributed by atoms with E-state index in [1.165, 1.54) is 57.8 Å². The molecule has 0 N–H and O–H groups in total. The number of fused-ring (bicyclic) bond motifs is 5. The maximum absolute atomic E-state index is 14.1. The highest BCUT2D eigenvalue weighted by molar-refractivity contribution is 6.74. The van der Waals surface area contributed by atoms with E-state index < -0.39 is 16.6 Å². The van der Waals surface area contributed by atoms with Crippen molar-refractivity contribution in [1.29, 1.82) is 0 Å². The summed E-state index contributed by atoms with van der Waals surface area (Å²) in [5.74, 6) is 4.83. The summed E-state index contributed by atoms with van der Waals surface area (Å²) >= 11 is 0. The van der Waals surface area contributed by atoms with Gasteiger partial charge in [-0.15, -0.1) is 0 Å². The molecule has 0 spiro atoms. The van der Waals surface area contributed by atoms with E-state index in [9.17, 15) is 4.79 Å². The van der Waals surface area contributed by atoms with Crippen LogP contribution >= 0.6 is 0 Å². The minimum Gasteiger partial charge on any atom is -0.417 e. The Morgan fingerprint density at radius 3 is 2.02 bits per heavy atom. The van der Waals surface area contributed by atoms with Crippen molar-refractivity contribution in [2.24, 2.45) is 52.3 Å². The molecule has 0 saturated heterocycles. The molecule has 3 nitrogen and oxygen atoms in total. The van der Waals surface area contributed by atoms with Crippen LogP contribution in [0.1, 0.15) is 140 Å². The van der Waals surface area contributed by atoms with Crippen molar-refractivity contribution in [3.05, 3.63) is 0 Å². The van der Waals surface area contributed by atoms with E-state index in [-0.39, 0.29) is 10.1 Å². The Balaban J connectivity index is 1.34. The number of hydrogen-bond donors (Lipinski definition) is 0. The first-order valence-electron chi connectivity index (χ1n) is 18.9. The topological polar surface area (TPSA) is 35.5 Å². The van der Waals surface area contributed by atoms with Gasteiger partial charge in [-0.2, -0.15) is 0 Å². The van der Waals surface area contributed by atoms with E-state index in [2.05, 4.69) is 95.4 Å². The van der Waals surface area contributed by atoms with Gasteiger partial charge in [0.15, 0.2) is 16.6 Å². The second-order valence-corrected chi connectivity index (χ2v) is 29.8. The highest BCUT2D eigenvalue weighted by Gasteiger charge is 2.63. The van der Waals surface area contributed by atoms with Crippen LogP contribution in [0.25, 0.3) is 0 Å². The molecule has 0 aromatic carbocycles. The Morgan fingerprint density at radius 2 is 1.41 bits per heavy atom. The predicted molar refractivity (Wildman–Crippen MR) is 193 cm³/mol. The molecule has 44 heavy (non-hydrogen) atoms. The summed E-state index contributed by atoms with van der Waals surface area (Å²) in [6, 6.07) is 0. The lowest BCUT2D eigenvalue weighted by Gasteiger charge is -2.61. The third-order valence-corrected chi connectivity index (χ3v) is 24.4. The molecule has 0 radical (unpaired) electrons. The zero-order valence-corrected chi connectivity index (χ0v) is 33.8. The first-order chi connectivity index (χ1) is 20.0. The summed E-state index contributed by atoms with van der Waals surface area (Å²) in [7, 11) is -3.46. The van der Waals surface area contributed by atoms with Crippen LogP contribution < -0.4 is 0 Å². The molecule has 0 unspecified atom stereocenters. The average molecular weight is 647 g/mol.